The molecule has 3 N–H and O–H groups in total. The molecule has 0 aromatic heterocycles. The Kier molecular flexibility index (Phi) is 3.38. The minimum atomic E-state index is -0.411. The van der Waals surface area contributed by atoms with Gasteiger partial charge in [-0.1, -0.05) is 0 Å². The Bertz CT molecular complexity index is 458. The number of hydrogen-bond donors (Lipinski definition) is 2. The third kappa shape index (κ3) is 2.53. The molecule has 1 aliphatic carbocycles. The molecule has 0 unspecified atom stereocenters. The van der Waals surface area contributed by atoms with Crippen LogP contribution in [0.1, 0.15) is 19.3 Å². The second-order valence-electron chi connectivity index (χ2n) is 4.71. The number of nitro benzene ring substituents is 1. The molecule has 2 rings (SSSR count). The third-order valence-electron chi connectivity index (χ3n) is 3.38. The zero-order valence-corrected chi connectivity index (χ0v) is 10.3. The Hall–Kier alpha value is -1.82. The van der Waals surface area contributed by atoms with E-state index < -0.39 is 4.92 Å². The first-order valence-corrected chi connectivity index (χ1v) is 5.89. The Morgan fingerprint density at radius 3 is 2.78 bits per heavy atom. The molecule has 1 aromatic rings. The first kappa shape index (κ1) is 12.6. The lowest BCUT2D eigenvalue weighted by atomic mass is 9.78. The van der Waals surface area contributed by atoms with E-state index in [4.69, 9.17) is 10.5 Å². The lowest BCUT2D eigenvalue weighted by Crippen LogP contribution is -2.52. The van der Waals surface area contributed by atoms with Crippen molar-refractivity contribution in [3.8, 4) is 5.75 Å². The number of nitrogens with one attached hydrogen (secondary N) is 1. The predicted octanol–water partition coefficient (Wildman–Crippen LogP) is 1.90. The molecular weight excluding hydrogens is 234 g/mol. The second-order valence-corrected chi connectivity index (χ2v) is 4.71. The minimum absolute atomic E-state index is 0.0405. The maximum atomic E-state index is 10.9. The van der Waals surface area contributed by atoms with E-state index in [2.05, 4.69) is 5.32 Å². The molecule has 6 heteroatoms. The van der Waals surface area contributed by atoms with Gasteiger partial charge in [-0.15, -0.1) is 0 Å². The smallest absolute Gasteiger partial charge is 0.292 e. The molecule has 1 saturated carbocycles. The van der Waals surface area contributed by atoms with E-state index >= 15 is 0 Å². The van der Waals surface area contributed by atoms with Crippen molar-refractivity contribution in [3.05, 3.63) is 28.3 Å². The van der Waals surface area contributed by atoms with Crippen LogP contribution in [0.3, 0.4) is 0 Å². The first-order chi connectivity index (χ1) is 8.54. The number of anilines is 1. The number of methoxy groups -OCH3 is 1. The van der Waals surface area contributed by atoms with Gasteiger partial charge in [-0.25, -0.2) is 0 Å². The van der Waals surface area contributed by atoms with Crippen LogP contribution >= 0.6 is 0 Å². The summed E-state index contributed by atoms with van der Waals surface area (Å²) in [6, 6.07) is 4.64. The van der Waals surface area contributed by atoms with Crippen molar-refractivity contribution in [2.75, 3.05) is 19.0 Å². The van der Waals surface area contributed by atoms with Crippen LogP contribution in [0.5, 0.6) is 5.75 Å². The van der Waals surface area contributed by atoms with Crippen LogP contribution in [0.4, 0.5) is 11.4 Å². The zero-order chi connectivity index (χ0) is 13.2. The maximum absolute atomic E-state index is 10.9. The van der Waals surface area contributed by atoms with Crippen molar-refractivity contribution in [3.63, 3.8) is 0 Å². The van der Waals surface area contributed by atoms with Crippen LogP contribution in [0.2, 0.25) is 0 Å². The van der Waals surface area contributed by atoms with Crippen molar-refractivity contribution < 1.29 is 9.66 Å². The molecule has 0 amide bonds. The summed E-state index contributed by atoms with van der Waals surface area (Å²) in [5.74, 6) is 0.586. The van der Waals surface area contributed by atoms with Crippen LogP contribution < -0.4 is 15.8 Å². The lowest BCUT2D eigenvalue weighted by molar-refractivity contribution is -0.384. The molecule has 6 nitrogen and oxygen atoms in total. The highest BCUT2D eigenvalue weighted by Crippen LogP contribution is 2.32. The van der Waals surface area contributed by atoms with Gasteiger partial charge < -0.3 is 15.8 Å². The highest BCUT2D eigenvalue weighted by Gasteiger charge is 2.32. The van der Waals surface area contributed by atoms with Gasteiger partial charge in [0, 0.05) is 24.2 Å². The molecule has 1 aromatic carbocycles. The van der Waals surface area contributed by atoms with E-state index in [-0.39, 0.29) is 11.2 Å². The second kappa shape index (κ2) is 4.81. The standard InChI is InChI=1S/C12H17N3O3/c1-18-9-3-4-11(15(16)17)10(7-9)14-8-12(13)5-2-6-12/h3-4,7,14H,2,5-6,8,13H2,1H3. The van der Waals surface area contributed by atoms with E-state index in [1.807, 2.05) is 0 Å². The largest absolute Gasteiger partial charge is 0.497 e. The SMILES string of the molecule is COc1ccc([N+](=O)[O-])c(NCC2(N)CCC2)c1. The molecule has 0 atom stereocenters. The molecular formula is C12H17N3O3. The molecule has 98 valence electrons. The van der Waals surface area contributed by atoms with Crippen molar-refractivity contribution >= 4 is 11.4 Å². The fourth-order valence-electron chi connectivity index (χ4n) is 2.02. The Morgan fingerprint density at radius 1 is 1.56 bits per heavy atom. The number of nitro groups is 1. The van der Waals surface area contributed by atoms with Gasteiger partial charge in [0.2, 0.25) is 0 Å². The van der Waals surface area contributed by atoms with Gasteiger partial charge in [0.25, 0.3) is 5.69 Å². The molecule has 0 radical (unpaired) electrons. The summed E-state index contributed by atoms with van der Waals surface area (Å²) >= 11 is 0. The van der Waals surface area contributed by atoms with Gasteiger partial charge in [-0.2, -0.15) is 0 Å². The van der Waals surface area contributed by atoms with Crippen molar-refractivity contribution in [1.29, 1.82) is 0 Å². The predicted molar refractivity (Wildman–Crippen MR) is 68.9 cm³/mol. The van der Waals surface area contributed by atoms with Crippen LogP contribution in [0.25, 0.3) is 0 Å². The molecule has 18 heavy (non-hydrogen) atoms. The van der Waals surface area contributed by atoms with Crippen molar-refractivity contribution in [2.24, 2.45) is 5.73 Å². The van der Waals surface area contributed by atoms with Crippen molar-refractivity contribution in [2.45, 2.75) is 24.8 Å². The maximum Gasteiger partial charge on any atom is 0.292 e. The zero-order valence-electron chi connectivity index (χ0n) is 10.3. The molecule has 0 bridgehead atoms. The monoisotopic (exact) mass is 251 g/mol. The van der Waals surface area contributed by atoms with E-state index in [0.29, 0.717) is 18.0 Å². The summed E-state index contributed by atoms with van der Waals surface area (Å²) in [6.45, 7) is 0.543. The van der Waals surface area contributed by atoms with Crippen molar-refractivity contribution in [1.82, 2.24) is 0 Å². The lowest BCUT2D eigenvalue weighted by Gasteiger charge is -2.38. The van der Waals surface area contributed by atoms with E-state index in [1.165, 1.54) is 13.2 Å². The van der Waals surface area contributed by atoms with Crippen LogP contribution in [-0.2, 0) is 0 Å². The Labute approximate surface area is 105 Å². The summed E-state index contributed by atoms with van der Waals surface area (Å²) in [5.41, 5.74) is 6.35. The molecule has 0 spiro atoms. The number of nitrogens with two attached hydrogens (primary N) is 1. The summed E-state index contributed by atoms with van der Waals surface area (Å²) < 4.78 is 5.07. The van der Waals surface area contributed by atoms with Gasteiger partial charge in [-0.3, -0.25) is 10.1 Å². The summed E-state index contributed by atoms with van der Waals surface area (Å²) in [7, 11) is 1.53. The quantitative estimate of drug-likeness (QED) is 0.616. The van der Waals surface area contributed by atoms with E-state index in [1.54, 1.807) is 12.1 Å². The minimum Gasteiger partial charge on any atom is -0.497 e. The van der Waals surface area contributed by atoms with Gasteiger partial charge in [0.05, 0.1) is 12.0 Å². The fourth-order valence-corrected chi connectivity index (χ4v) is 2.02. The van der Waals surface area contributed by atoms with Crippen LogP contribution in [0, 0.1) is 10.1 Å². The molecule has 1 fully saturated rings. The van der Waals surface area contributed by atoms with Gasteiger partial charge in [-0.05, 0) is 25.3 Å². The van der Waals surface area contributed by atoms with E-state index in [9.17, 15) is 10.1 Å². The molecule has 0 aliphatic heterocycles. The first-order valence-electron chi connectivity index (χ1n) is 5.89. The van der Waals surface area contributed by atoms with Crippen LogP contribution in [-0.4, -0.2) is 24.1 Å². The van der Waals surface area contributed by atoms with E-state index in [0.717, 1.165) is 19.3 Å². The number of ether oxygens (including phenoxy) is 1. The summed E-state index contributed by atoms with van der Waals surface area (Å²) in [6.07, 6.45) is 3.04. The van der Waals surface area contributed by atoms with Gasteiger partial charge >= 0.3 is 0 Å². The highest BCUT2D eigenvalue weighted by molar-refractivity contribution is 5.64. The van der Waals surface area contributed by atoms with Crippen LogP contribution in [0.15, 0.2) is 18.2 Å². The highest BCUT2D eigenvalue weighted by atomic mass is 16.6. The number of nitrogens with zero attached hydrogens (tertiary/aromatic N) is 1. The van der Waals surface area contributed by atoms with Gasteiger partial charge in [0.1, 0.15) is 11.4 Å². The Balaban J connectivity index is 2.15. The molecule has 0 saturated heterocycles. The number of hydrogen-bond acceptors (Lipinski definition) is 5. The fraction of sp³-hybridized carbons (Fsp3) is 0.500. The average molecular weight is 251 g/mol. The average Bonchev–Trinajstić information content (AvgIpc) is 2.33. The molecule has 1 aliphatic rings. The third-order valence-corrected chi connectivity index (χ3v) is 3.38. The number of benzene rings is 1. The summed E-state index contributed by atoms with van der Waals surface area (Å²) in [4.78, 5) is 10.5. The summed E-state index contributed by atoms with van der Waals surface area (Å²) in [5, 5.41) is 14.0. The van der Waals surface area contributed by atoms with Gasteiger partial charge in [0.15, 0.2) is 0 Å². The molecule has 0 heterocycles. The topological polar surface area (TPSA) is 90.4 Å². The normalized spacial score (nSPS) is 16.8. The Morgan fingerprint density at radius 2 is 2.28 bits per heavy atom. The number of rotatable bonds is 5.